The summed E-state index contributed by atoms with van der Waals surface area (Å²) in [7, 11) is 0. The minimum Gasteiger partial charge on any atom is -0.478 e. The van der Waals surface area contributed by atoms with E-state index in [-0.39, 0.29) is 23.3 Å². The van der Waals surface area contributed by atoms with E-state index in [4.69, 9.17) is 9.84 Å². The molecule has 0 atom stereocenters. The standard InChI is InChI=1S/C21H26N6O6/c1-13-12-22-19(23-15-6-5-14(18(28)29)11-16(15)27(31)32)24-17(13)25-7-9-26(10-8-25)20(30)33-21(2,3)4/h5-6,11-12H,7-10H2,1-4H3,(H,28,29)(H,22,23,24). The number of piperazine rings is 1. The van der Waals surface area contributed by atoms with Gasteiger partial charge in [-0.3, -0.25) is 10.1 Å². The van der Waals surface area contributed by atoms with Gasteiger partial charge in [0, 0.05) is 44.0 Å². The Labute approximate surface area is 190 Å². The van der Waals surface area contributed by atoms with E-state index in [9.17, 15) is 19.7 Å². The van der Waals surface area contributed by atoms with Crippen LogP contribution in [-0.2, 0) is 4.74 Å². The zero-order valence-corrected chi connectivity index (χ0v) is 18.9. The van der Waals surface area contributed by atoms with Gasteiger partial charge >= 0.3 is 12.1 Å². The molecule has 33 heavy (non-hydrogen) atoms. The lowest BCUT2D eigenvalue weighted by atomic mass is 10.1. The molecule has 176 valence electrons. The van der Waals surface area contributed by atoms with Crippen molar-refractivity contribution in [1.82, 2.24) is 14.9 Å². The van der Waals surface area contributed by atoms with Crippen molar-refractivity contribution >= 4 is 35.2 Å². The zero-order chi connectivity index (χ0) is 24.3. The van der Waals surface area contributed by atoms with E-state index in [0.29, 0.717) is 32.0 Å². The van der Waals surface area contributed by atoms with Crippen LogP contribution in [-0.4, -0.2) is 68.7 Å². The van der Waals surface area contributed by atoms with Crippen LogP contribution in [0.2, 0.25) is 0 Å². The van der Waals surface area contributed by atoms with Gasteiger partial charge in [-0.15, -0.1) is 0 Å². The Kier molecular flexibility index (Phi) is 6.65. The summed E-state index contributed by atoms with van der Waals surface area (Å²) in [6.07, 6.45) is 1.24. The number of carboxylic acids is 1. The number of carbonyl (C=O) groups excluding carboxylic acids is 1. The third-order valence-corrected chi connectivity index (χ3v) is 4.86. The summed E-state index contributed by atoms with van der Waals surface area (Å²) in [6.45, 7) is 9.29. The Hall–Kier alpha value is -3.96. The van der Waals surface area contributed by atoms with Crippen LogP contribution in [0.1, 0.15) is 36.7 Å². The first-order chi connectivity index (χ1) is 15.4. The third kappa shape index (κ3) is 5.84. The summed E-state index contributed by atoms with van der Waals surface area (Å²) < 4.78 is 5.42. The summed E-state index contributed by atoms with van der Waals surface area (Å²) in [5, 5.41) is 23.3. The number of nitrogens with zero attached hydrogens (tertiary/aromatic N) is 5. The lowest BCUT2D eigenvalue weighted by Gasteiger charge is -2.36. The van der Waals surface area contributed by atoms with E-state index in [1.807, 2.05) is 32.6 Å². The Morgan fingerprint density at radius 2 is 1.88 bits per heavy atom. The number of hydrogen-bond donors (Lipinski definition) is 2. The predicted molar refractivity (Wildman–Crippen MR) is 120 cm³/mol. The van der Waals surface area contributed by atoms with Crippen LogP contribution in [0.3, 0.4) is 0 Å². The van der Waals surface area contributed by atoms with E-state index < -0.39 is 22.2 Å². The lowest BCUT2D eigenvalue weighted by molar-refractivity contribution is -0.384. The van der Waals surface area contributed by atoms with E-state index in [1.54, 1.807) is 11.1 Å². The number of aromatic nitrogens is 2. The highest BCUT2D eigenvalue weighted by Crippen LogP contribution is 2.29. The quantitative estimate of drug-likeness (QED) is 0.505. The van der Waals surface area contributed by atoms with Crippen LogP contribution in [0, 0.1) is 17.0 Å². The Bertz CT molecular complexity index is 1080. The highest BCUT2D eigenvalue weighted by Gasteiger charge is 2.27. The molecule has 12 nitrogen and oxygen atoms in total. The smallest absolute Gasteiger partial charge is 0.410 e. The van der Waals surface area contributed by atoms with Crippen molar-refractivity contribution < 1.29 is 24.4 Å². The fraction of sp³-hybridized carbons (Fsp3) is 0.429. The fourth-order valence-electron chi connectivity index (χ4n) is 3.28. The number of aryl methyl sites for hydroxylation is 1. The maximum Gasteiger partial charge on any atom is 0.410 e. The molecule has 0 radical (unpaired) electrons. The second-order valence-electron chi connectivity index (χ2n) is 8.57. The average molecular weight is 458 g/mol. The van der Waals surface area contributed by atoms with Crippen molar-refractivity contribution in [3.05, 3.63) is 45.6 Å². The number of benzene rings is 1. The van der Waals surface area contributed by atoms with Crippen molar-refractivity contribution in [2.24, 2.45) is 0 Å². The number of carbonyl (C=O) groups is 2. The molecule has 1 aliphatic heterocycles. The number of aromatic carboxylic acids is 1. The monoisotopic (exact) mass is 458 g/mol. The molecule has 0 aliphatic carbocycles. The molecule has 2 N–H and O–H groups in total. The van der Waals surface area contributed by atoms with Crippen molar-refractivity contribution in [3.63, 3.8) is 0 Å². The van der Waals surface area contributed by atoms with Crippen LogP contribution >= 0.6 is 0 Å². The maximum absolute atomic E-state index is 12.3. The Morgan fingerprint density at radius 3 is 2.45 bits per heavy atom. The topological polar surface area (TPSA) is 151 Å². The minimum absolute atomic E-state index is 0.0783. The van der Waals surface area contributed by atoms with Gasteiger partial charge in [-0.05, 0) is 39.8 Å². The summed E-state index contributed by atoms with van der Waals surface area (Å²) in [5.74, 6) is -0.485. The van der Waals surface area contributed by atoms with Crippen LogP contribution in [0.5, 0.6) is 0 Å². The minimum atomic E-state index is -1.26. The Morgan fingerprint density at radius 1 is 1.21 bits per heavy atom. The van der Waals surface area contributed by atoms with E-state index in [0.717, 1.165) is 11.6 Å². The molecule has 1 amide bonds. The van der Waals surface area contributed by atoms with Crippen molar-refractivity contribution in [2.75, 3.05) is 36.4 Å². The second-order valence-corrected chi connectivity index (χ2v) is 8.57. The number of hydrogen-bond acceptors (Lipinski definition) is 9. The molecule has 1 saturated heterocycles. The number of carboxylic acid groups (broad SMARTS) is 1. The van der Waals surface area contributed by atoms with Crippen LogP contribution in [0.15, 0.2) is 24.4 Å². The van der Waals surface area contributed by atoms with Gasteiger partial charge in [-0.1, -0.05) is 0 Å². The SMILES string of the molecule is Cc1cnc(Nc2ccc(C(=O)O)cc2[N+](=O)[O-])nc1N1CCN(C(=O)OC(C)(C)C)CC1. The van der Waals surface area contributed by atoms with Crippen LogP contribution in [0.4, 0.5) is 27.9 Å². The first-order valence-electron chi connectivity index (χ1n) is 10.3. The molecule has 1 aromatic carbocycles. The number of amides is 1. The largest absolute Gasteiger partial charge is 0.478 e. The number of nitro groups is 1. The second kappa shape index (κ2) is 9.27. The van der Waals surface area contributed by atoms with Gasteiger partial charge in [0.15, 0.2) is 0 Å². The summed E-state index contributed by atoms with van der Waals surface area (Å²) >= 11 is 0. The Balaban J connectivity index is 1.76. The number of anilines is 3. The molecule has 1 fully saturated rings. The molecule has 1 aliphatic rings. The first kappa shape index (κ1) is 23.7. The molecular weight excluding hydrogens is 432 g/mol. The number of rotatable bonds is 5. The van der Waals surface area contributed by atoms with Gasteiger partial charge in [-0.2, -0.15) is 4.98 Å². The zero-order valence-electron chi connectivity index (χ0n) is 18.9. The molecule has 1 aromatic heterocycles. The highest BCUT2D eigenvalue weighted by molar-refractivity contribution is 5.90. The third-order valence-electron chi connectivity index (χ3n) is 4.86. The molecule has 3 rings (SSSR count). The lowest BCUT2D eigenvalue weighted by Crippen LogP contribution is -2.50. The molecule has 0 bridgehead atoms. The van der Waals surface area contributed by atoms with Gasteiger partial charge in [0.25, 0.3) is 5.69 Å². The maximum atomic E-state index is 12.3. The van der Waals surface area contributed by atoms with Gasteiger partial charge in [0.1, 0.15) is 17.1 Å². The van der Waals surface area contributed by atoms with Gasteiger partial charge in [0.2, 0.25) is 5.95 Å². The number of nitro benzene ring substituents is 1. The molecule has 0 saturated carbocycles. The normalized spacial score (nSPS) is 14.1. The summed E-state index contributed by atoms with van der Waals surface area (Å²) in [4.78, 5) is 46.5. The number of ether oxygens (including phenoxy) is 1. The van der Waals surface area contributed by atoms with Crippen LogP contribution in [0.25, 0.3) is 0 Å². The molecule has 0 unspecified atom stereocenters. The summed E-state index contributed by atoms with van der Waals surface area (Å²) in [5.41, 5.74) is -0.271. The van der Waals surface area contributed by atoms with Crippen molar-refractivity contribution in [1.29, 1.82) is 0 Å². The van der Waals surface area contributed by atoms with Gasteiger partial charge in [-0.25, -0.2) is 14.6 Å². The van der Waals surface area contributed by atoms with Crippen molar-refractivity contribution in [2.45, 2.75) is 33.3 Å². The molecule has 12 heteroatoms. The van der Waals surface area contributed by atoms with E-state index >= 15 is 0 Å². The molecule has 2 aromatic rings. The van der Waals surface area contributed by atoms with E-state index in [2.05, 4.69) is 15.3 Å². The average Bonchev–Trinajstić information content (AvgIpc) is 2.74. The first-order valence-corrected chi connectivity index (χ1v) is 10.3. The number of nitrogens with one attached hydrogen (secondary N) is 1. The fourth-order valence-corrected chi connectivity index (χ4v) is 3.28. The molecular formula is C21H26N6O6. The van der Waals surface area contributed by atoms with Gasteiger partial charge < -0.3 is 25.0 Å². The molecule has 2 heterocycles. The summed E-state index contributed by atoms with van der Waals surface area (Å²) in [6, 6.07) is 3.56. The van der Waals surface area contributed by atoms with Crippen LogP contribution < -0.4 is 10.2 Å². The predicted octanol–water partition coefficient (Wildman–Crippen LogP) is 3.19. The van der Waals surface area contributed by atoms with Gasteiger partial charge in [0.05, 0.1) is 10.5 Å². The van der Waals surface area contributed by atoms with Crippen molar-refractivity contribution in [3.8, 4) is 0 Å². The van der Waals surface area contributed by atoms with E-state index in [1.165, 1.54) is 12.1 Å². The highest BCUT2D eigenvalue weighted by atomic mass is 16.6. The molecule has 0 spiro atoms.